The molecule has 6 nitrogen and oxygen atoms in total. The Hall–Kier alpha value is -6.51. The second-order valence-electron chi connectivity index (χ2n) is 29.0. The molecule has 12 bridgehead atoms. The summed E-state index contributed by atoms with van der Waals surface area (Å²) in [6.07, 6.45) is -18.1. The molecule has 0 spiro atoms. The molecule has 0 radical (unpaired) electrons. The molecule has 15 heteroatoms. The number of rotatable bonds is 3. The van der Waals surface area contributed by atoms with Gasteiger partial charge < -0.3 is 29.5 Å². The van der Waals surface area contributed by atoms with E-state index in [9.17, 15) is 15.3 Å². The van der Waals surface area contributed by atoms with Crippen molar-refractivity contribution in [1.29, 1.82) is 0 Å². The maximum atomic E-state index is 15.1. The number of phenols is 3. The molecule has 0 unspecified atom stereocenters. The van der Waals surface area contributed by atoms with Crippen molar-refractivity contribution < 1.29 is 69.0 Å². The average molecular weight is 1180 g/mol. The maximum absolute atomic E-state index is 15.1. The Bertz CT molecular complexity index is 3470. The highest BCUT2D eigenvalue weighted by Gasteiger charge is 2.39. The Labute approximate surface area is 489 Å². The molecule has 7 rings (SSSR count). The molecule has 0 fully saturated rings. The molecule has 1 aliphatic rings. The minimum absolute atomic E-state index is 0.0199. The van der Waals surface area contributed by atoms with E-state index < -0.39 is 87.4 Å². The fraction of sp³-hybridized carbons (Fsp3) is 0.478. The van der Waals surface area contributed by atoms with Crippen LogP contribution in [-0.4, -0.2) is 34.4 Å². The molecular weight excluding hydrogens is 1100 g/mol. The maximum Gasteiger partial charge on any atom is 0.573 e. The van der Waals surface area contributed by atoms with Crippen molar-refractivity contribution >= 4 is 0 Å². The van der Waals surface area contributed by atoms with Gasteiger partial charge in [-0.25, -0.2) is 0 Å². The van der Waals surface area contributed by atoms with E-state index in [2.05, 4.69) is 0 Å². The Morgan fingerprint density at radius 1 is 0.238 bits per heavy atom. The van der Waals surface area contributed by atoms with Gasteiger partial charge >= 0.3 is 19.1 Å². The van der Waals surface area contributed by atoms with E-state index in [0.29, 0.717) is 38.9 Å². The number of fused-ring (bicyclic) bond motifs is 12. The summed E-state index contributed by atoms with van der Waals surface area (Å²) in [5.74, 6) is -2.98. The van der Waals surface area contributed by atoms with E-state index in [1.165, 1.54) is 18.2 Å². The minimum atomic E-state index is -5.34. The number of alkyl halides is 9. The van der Waals surface area contributed by atoms with Crippen LogP contribution < -0.4 is 14.2 Å². The molecular formula is C69H81F9O6. The van der Waals surface area contributed by atoms with E-state index >= 15 is 39.5 Å². The van der Waals surface area contributed by atoms with Crippen LogP contribution in [0.2, 0.25) is 0 Å². The zero-order valence-electron chi connectivity index (χ0n) is 51.6. The van der Waals surface area contributed by atoms with Crippen LogP contribution in [0.5, 0.6) is 34.5 Å². The largest absolute Gasteiger partial charge is 0.573 e. The second kappa shape index (κ2) is 22.1. The highest BCUT2D eigenvalue weighted by Crippen LogP contribution is 2.47. The van der Waals surface area contributed by atoms with Crippen molar-refractivity contribution in [3.63, 3.8) is 0 Å². The van der Waals surface area contributed by atoms with Crippen LogP contribution in [0.25, 0.3) is 0 Å². The molecule has 0 saturated heterocycles. The third kappa shape index (κ3) is 15.5. The van der Waals surface area contributed by atoms with Gasteiger partial charge in [0.05, 0.1) is 0 Å². The Kier molecular flexibility index (Phi) is 17.1. The summed E-state index contributed by atoms with van der Waals surface area (Å²) in [4.78, 5) is 0. The number of halogens is 9. The number of ether oxygens (including phenoxy) is 3. The zero-order valence-corrected chi connectivity index (χ0v) is 51.6. The lowest BCUT2D eigenvalue weighted by molar-refractivity contribution is -0.276. The minimum Gasteiger partial charge on any atom is -0.507 e. The van der Waals surface area contributed by atoms with E-state index in [1.807, 2.05) is 125 Å². The Morgan fingerprint density at radius 3 is 0.488 bits per heavy atom. The van der Waals surface area contributed by atoms with E-state index in [0.717, 1.165) is 0 Å². The van der Waals surface area contributed by atoms with Crippen LogP contribution in [0.15, 0.2) is 72.8 Å². The lowest BCUT2D eigenvalue weighted by Gasteiger charge is -2.28. The van der Waals surface area contributed by atoms with Crippen molar-refractivity contribution in [2.24, 2.45) is 0 Å². The summed E-state index contributed by atoms with van der Waals surface area (Å²) in [6.45, 7) is 33.8. The average Bonchev–Trinajstić information content (AvgIpc) is 1.41. The first-order valence-corrected chi connectivity index (χ1v) is 28.3. The van der Waals surface area contributed by atoms with Gasteiger partial charge in [0.25, 0.3) is 0 Å². The smallest absolute Gasteiger partial charge is 0.507 e. The highest BCUT2D eigenvalue weighted by molar-refractivity contribution is 5.61. The Balaban J connectivity index is 1.70. The van der Waals surface area contributed by atoms with Gasteiger partial charge in [-0.15, -0.1) is 39.5 Å². The van der Waals surface area contributed by atoms with Crippen molar-refractivity contribution in [2.45, 2.75) is 215 Å². The molecule has 6 aromatic rings. The summed E-state index contributed by atoms with van der Waals surface area (Å²) < 4.78 is 151. The van der Waals surface area contributed by atoms with Crippen molar-refractivity contribution in [3.8, 4) is 34.5 Å². The third-order valence-corrected chi connectivity index (χ3v) is 15.7. The number of benzene rings is 6. The molecule has 0 saturated carbocycles. The lowest BCUT2D eigenvalue weighted by Crippen LogP contribution is -2.22. The monoisotopic (exact) mass is 1180 g/mol. The van der Waals surface area contributed by atoms with Crippen LogP contribution in [-0.2, 0) is 71.0 Å². The quantitative estimate of drug-likeness (QED) is 0.153. The van der Waals surface area contributed by atoms with Crippen LogP contribution in [0.1, 0.15) is 225 Å². The molecule has 0 amide bonds. The molecule has 0 atom stereocenters. The van der Waals surface area contributed by atoms with Gasteiger partial charge in [0.15, 0.2) is 0 Å². The number of phenolic OH excluding ortho intramolecular Hbond substituents is 3. The highest BCUT2D eigenvalue weighted by atomic mass is 19.4. The number of aromatic hydroxyl groups is 3. The van der Waals surface area contributed by atoms with Gasteiger partial charge in [-0.1, -0.05) is 197 Å². The zero-order chi connectivity index (χ0) is 63.2. The molecule has 6 aromatic carbocycles. The fourth-order valence-electron chi connectivity index (χ4n) is 10.7. The summed E-state index contributed by atoms with van der Waals surface area (Å²) >= 11 is 0. The topological polar surface area (TPSA) is 88.4 Å². The molecule has 0 heterocycles. The van der Waals surface area contributed by atoms with Crippen LogP contribution >= 0.6 is 0 Å². The van der Waals surface area contributed by atoms with Crippen molar-refractivity contribution in [1.82, 2.24) is 0 Å². The van der Waals surface area contributed by atoms with Gasteiger partial charge in [0, 0.05) is 38.5 Å². The first kappa shape index (κ1) is 65.0. The van der Waals surface area contributed by atoms with E-state index in [-0.39, 0.29) is 98.4 Å². The van der Waals surface area contributed by atoms with Gasteiger partial charge in [0.1, 0.15) is 34.5 Å². The first-order valence-electron chi connectivity index (χ1n) is 28.3. The third-order valence-electron chi connectivity index (χ3n) is 15.7. The first-order chi connectivity index (χ1) is 37.9. The molecule has 84 heavy (non-hydrogen) atoms. The van der Waals surface area contributed by atoms with Crippen molar-refractivity contribution in [3.05, 3.63) is 173 Å². The molecule has 3 N–H and O–H groups in total. The summed E-state index contributed by atoms with van der Waals surface area (Å²) in [5.41, 5.74) is 0.192. The van der Waals surface area contributed by atoms with Gasteiger partial charge in [0.2, 0.25) is 0 Å². The SMILES string of the molecule is CC(C)(C)c1cc2c(O)c(c1)Cc1cc(C(C)(C)C)cc(c1OC(F)(F)F)Cc1cc(C(C)(C)C)cc(c1O)Cc1cc(C(C)(C)C)cc(c1OC(F)(F)F)Cc1cc(C(C)(C)C)cc(c1OC(F)(F)F)Cc1cc(C(C)(C)C)cc(c1O)C2. The van der Waals surface area contributed by atoms with Gasteiger partial charge in [-0.3, -0.25) is 0 Å². The summed E-state index contributed by atoms with van der Waals surface area (Å²) in [6, 6.07) is 19.4. The predicted octanol–water partition coefficient (Wildman–Crippen LogP) is 19.1. The molecule has 456 valence electrons. The van der Waals surface area contributed by atoms with Crippen LogP contribution in [0.4, 0.5) is 39.5 Å². The van der Waals surface area contributed by atoms with E-state index in [4.69, 9.17) is 14.2 Å². The molecule has 1 aliphatic carbocycles. The predicted molar refractivity (Wildman–Crippen MR) is 313 cm³/mol. The molecule has 0 aromatic heterocycles. The van der Waals surface area contributed by atoms with Gasteiger partial charge in [-0.2, -0.15) is 0 Å². The van der Waals surface area contributed by atoms with Crippen LogP contribution in [0.3, 0.4) is 0 Å². The van der Waals surface area contributed by atoms with Crippen molar-refractivity contribution in [2.75, 3.05) is 0 Å². The van der Waals surface area contributed by atoms with Gasteiger partial charge in [-0.05, 0) is 133 Å². The standard InChI is InChI=1S/C69H81F9O6/c1-61(2,3)49-25-37-19-38-26-50(62(4,5)6)28-40(56(38)80)21-45-33-53(65(13,14)15)35-47(59(45)83-68(73,74)75)24-48-36-54(66(16,17)18)34-46(60(48)84-69(76,77)78)23-42-30-51(63(7,8)9)29-41(57(42)81)22-44-32-52(64(10,11)12)31-43(20-39(27-49)55(37)79)58(44)82-67(70,71)72/h25-36,79-81H,19-24H2,1-18H3. The number of hydrogen-bond acceptors (Lipinski definition) is 6. The fourth-order valence-corrected chi connectivity index (χ4v) is 10.7. The molecule has 0 aliphatic heterocycles. The normalized spacial score (nSPS) is 14.5. The summed E-state index contributed by atoms with van der Waals surface area (Å²) in [5, 5.41) is 37.7. The van der Waals surface area contributed by atoms with Crippen LogP contribution in [0, 0.1) is 0 Å². The van der Waals surface area contributed by atoms with E-state index in [1.54, 1.807) is 54.6 Å². The Morgan fingerprint density at radius 2 is 0.357 bits per heavy atom. The second-order valence-corrected chi connectivity index (χ2v) is 29.0. The number of hydrogen-bond donors (Lipinski definition) is 3. The lowest BCUT2D eigenvalue weighted by atomic mass is 9.79. The summed E-state index contributed by atoms with van der Waals surface area (Å²) in [7, 11) is 0.